The van der Waals surface area contributed by atoms with Crippen molar-refractivity contribution in [3.8, 4) is 11.5 Å². The molecule has 3 aromatic rings. The quantitative estimate of drug-likeness (QED) is 0.455. The van der Waals surface area contributed by atoms with Crippen molar-refractivity contribution in [1.82, 2.24) is 0 Å². The second-order valence-electron chi connectivity index (χ2n) is 6.07. The van der Waals surface area contributed by atoms with Crippen molar-refractivity contribution in [2.45, 2.75) is 13.5 Å². The largest absolute Gasteiger partial charge is 0.457 e. The maximum Gasteiger partial charge on any atom is 0.411 e. The Kier molecular flexibility index (Phi) is 5.86. The van der Waals surface area contributed by atoms with Crippen LogP contribution in [0.3, 0.4) is 0 Å². The Morgan fingerprint density at radius 2 is 1.71 bits per heavy atom. The van der Waals surface area contributed by atoms with Gasteiger partial charge in [0.05, 0.1) is 16.7 Å². The fourth-order valence-corrected chi connectivity index (χ4v) is 2.44. The first-order chi connectivity index (χ1) is 13.5. The molecule has 0 aliphatic carbocycles. The second-order valence-corrected chi connectivity index (χ2v) is 6.07. The van der Waals surface area contributed by atoms with Gasteiger partial charge in [-0.05, 0) is 24.6 Å². The van der Waals surface area contributed by atoms with Gasteiger partial charge in [0, 0.05) is 12.1 Å². The molecule has 3 aromatic carbocycles. The minimum absolute atomic E-state index is 0.0916. The summed E-state index contributed by atoms with van der Waals surface area (Å²) >= 11 is 0. The first-order valence-corrected chi connectivity index (χ1v) is 8.51. The summed E-state index contributed by atoms with van der Waals surface area (Å²) in [6.07, 6.45) is -0.717. The molecule has 142 valence electrons. The lowest BCUT2D eigenvalue weighted by Gasteiger charge is -2.10. The number of amides is 1. The van der Waals surface area contributed by atoms with E-state index >= 15 is 0 Å². The van der Waals surface area contributed by atoms with Gasteiger partial charge in [0.1, 0.15) is 18.1 Å². The van der Waals surface area contributed by atoms with Crippen LogP contribution in [0.4, 0.5) is 16.2 Å². The number of anilines is 1. The van der Waals surface area contributed by atoms with Crippen LogP contribution in [0.1, 0.15) is 11.1 Å². The highest BCUT2D eigenvalue weighted by Crippen LogP contribution is 2.30. The third kappa shape index (κ3) is 5.31. The first kappa shape index (κ1) is 18.9. The van der Waals surface area contributed by atoms with E-state index in [2.05, 4.69) is 5.32 Å². The van der Waals surface area contributed by atoms with Crippen molar-refractivity contribution >= 4 is 17.5 Å². The Bertz CT molecular complexity index is 972. The molecule has 1 N–H and O–H groups in total. The number of non-ortho nitro benzene ring substituents is 1. The summed E-state index contributed by atoms with van der Waals surface area (Å²) in [6.45, 7) is 2.04. The van der Waals surface area contributed by atoms with Crippen LogP contribution in [0.25, 0.3) is 0 Å². The van der Waals surface area contributed by atoms with E-state index in [4.69, 9.17) is 9.47 Å². The fraction of sp³-hybridized carbons (Fsp3) is 0.0952. The number of nitro benzene ring substituents is 1. The summed E-state index contributed by atoms with van der Waals surface area (Å²) in [4.78, 5) is 22.7. The van der Waals surface area contributed by atoms with Crippen LogP contribution in [0, 0.1) is 17.0 Å². The highest BCUT2D eigenvalue weighted by Gasteiger charge is 2.14. The van der Waals surface area contributed by atoms with Gasteiger partial charge in [0.2, 0.25) is 0 Å². The summed E-state index contributed by atoms with van der Waals surface area (Å²) in [5.74, 6) is 0.764. The number of nitrogens with zero attached hydrogens (tertiary/aromatic N) is 1. The summed E-state index contributed by atoms with van der Waals surface area (Å²) in [5, 5.41) is 13.7. The number of nitrogens with one attached hydrogen (secondary N) is 1. The molecule has 0 radical (unpaired) electrons. The van der Waals surface area contributed by atoms with Gasteiger partial charge in [-0.25, -0.2) is 4.79 Å². The Hall–Kier alpha value is -3.87. The minimum atomic E-state index is -0.717. The number of benzene rings is 3. The van der Waals surface area contributed by atoms with E-state index in [-0.39, 0.29) is 23.7 Å². The molecule has 7 heteroatoms. The lowest BCUT2D eigenvalue weighted by atomic mass is 10.2. The number of nitro groups is 1. The van der Waals surface area contributed by atoms with Crippen molar-refractivity contribution in [2.75, 3.05) is 5.32 Å². The first-order valence-electron chi connectivity index (χ1n) is 8.51. The van der Waals surface area contributed by atoms with E-state index in [1.54, 1.807) is 12.1 Å². The van der Waals surface area contributed by atoms with Crippen LogP contribution in [0.5, 0.6) is 11.5 Å². The average Bonchev–Trinajstić information content (AvgIpc) is 2.69. The zero-order valence-electron chi connectivity index (χ0n) is 15.1. The number of hydrogen-bond acceptors (Lipinski definition) is 5. The lowest BCUT2D eigenvalue weighted by Crippen LogP contribution is -2.13. The highest BCUT2D eigenvalue weighted by molar-refractivity contribution is 5.85. The molecule has 0 aliphatic heterocycles. The van der Waals surface area contributed by atoms with Crippen molar-refractivity contribution in [1.29, 1.82) is 0 Å². The van der Waals surface area contributed by atoms with E-state index in [0.29, 0.717) is 5.75 Å². The van der Waals surface area contributed by atoms with Gasteiger partial charge in [0.25, 0.3) is 5.69 Å². The van der Waals surface area contributed by atoms with Crippen LogP contribution in [-0.4, -0.2) is 11.0 Å². The van der Waals surface area contributed by atoms with Gasteiger partial charge in [-0.3, -0.25) is 15.4 Å². The molecule has 0 bridgehead atoms. The Morgan fingerprint density at radius 3 is 2.39 bits per heavy atom. The molecule has 0 unspecified atom stereocenters. The molecular formula is C21H18N2O5. The molecule has 0 fully saturated rings. The van der Waals surface area contributed by atoms with Gasteiger partial charge >= 0.3 is 6.09 Å². The van der Waals surface area contributed by atoms with E-state index in [1.165, 1.54) is 18.2 Å². The number of rotatable bonds is 6. The van der Waals surface area contributed by atoms with Crippen molar-refractivity contribution < 1.29 is 19.2 Å². The molecule has 1 amide bonds. The molecule has 7 nitrogen and oxygen atoms in total. The molecule has 0 saturated carbocycles. The molecule has 3 rings (SSSR count). The average molecular weight is 378 g/mol. The molecule has 0 spiro atoms. The zero-order chi connectivity index (χ0) is 19.9. The van der Waals surface area contributed by atoms with E-state index in [1.807, 2.05) is 49.4 Å². The Morgan fingerprint density at radius 1 is 1.00 bits per heavy atom. The third-order valence-corrected chi connectivity index (χ3v) is 3.82. The van der Waals surface area contributed by atoms with Crippen molar-refractivity contribution in [3.05, 3.63) is 94.0 Å². The lowest BCUT2D eigenvalue weighted by molar-refractivity contribution is -0.384. The zero-order valence-corrected chi connectivity index (χ0v) is 15.1. The van der Waals surface area contributed by atoms with Gasteiger partial charge in [-0.2, -0.15) is 0 Å². The smallest absolute Gasteiger partial charge is 0.411 e. The van der Waals surface area contributed by atoms with Gasteiger partial charge < -0.3 is 9.47 Å². The van der Waals surface area contributed by atoms with Crippen LogP contribution < -0.4 is 10.1 Å². The second kappa shape index (κ2) is 8.68. The normalized spacial score (nSPS) is 10.2. The highest BCUT2D eigenvalue weighted by atomic mass is 16.6. The molecule has 0 heterocycles. The van der Waals surface area contributed by atoms with Crippen molar-refractivity contribution in [3.63, 3.8) is 0 Å². The third-order valence-electron chi connectivity index (χ3n) is 3.82. The van der Waals surface area contributed by atoms with E-state index in [0.717, 1.165) is 11.1 Å². The summed E-state index contributed by atoms with van der Waals surface area (Å²) in [5.41, 5.74) is 1.90. The SMILES string of the molecule is Cc1ccc(Oc2cc(NC(=O)OCc3ccccc3)cc([N+](=O)[O-])c2)cc1. The Labute approximate surface area is 161 Å². The minimum Gasteiger partial charge on any atom is -0.457 e. The fourth-order valence-electron chi connectivity index (χ4n) is 2.44. The number of hydrogen-bond donors (Lipinski definition) is 1. The monoisotopic (exact) mass is 378 g/mol. The molecule has 28 heavy (non-hydrogen) atoms. The predicted octanol–water partition coefficient (Wildman–Crippen LogP) is 5.44. The standard InChI is InChI=1S/C21H18N2O5/c1-15-7-9-19(10-8-15)28-20-12-17(11-18(13-20)23(25)26)22-21(24)27-14-16-5-3-2-4-6-16/h2-13H,14H2,1H3,(H,22,24). The topological polar surface area (TPSA) is 90.7 Å². The molecule has 0 aliphatic rings. The van der Waals surface area contributed by atoms with Gasteiger partial charge in [-0.1, -0.05) is 48.0 Å². The maximum absolute atomic E-state index is 12.0. The number of ether oxygens (including phenoxy) is 2. The molecular weight excluding hydrogens is 360 g/mol. The van der Waals surface area contributed by atoms with Gasteiger partial charge in [-0.15, -0.1) is 0 Å². The molecule has 0 saturated heterocycles. The van der Waals surface area contributed by atoms with Crippen LogP contribution in [-0.2, 0) is 11.3 Å². The van der Waals surface area contributed by atoms with Crippen LogP contribution in [0.2, 0.25) is 0 Å². The number of carbonyl (C=O) groups is 1. The summed E-state index contributed by atoms with van der Waals surface area (Å²) in [7, 11) is 0. The maximum atomic E-state index is 12.0. The predicted molar refractivity (Wildman–Crippen MR) is 105 cm³/mol. The van der Waals surface area contributed by atoms with Crippen LogP contribution >= 0.6 is 0 Å². The van der Waals surface area contributed by atoms with Gasteiger partial charge in [0.15, 0.2) is 0 Å². The number of aryl methyl sites for hydroxylation is 1. The van der Waals surface area contributed by atoms with Crippen LogP contribution in [0.15, 0.2) is 72.8 Å². The number of carbonyl (C=O) groups excluding carboxylic acids is 1. The van der Waals surface area contributed by atoms with E-state index in [9.17, 15) is 14.9 Å². The summed E-state index contributed by atoms with van der Waals surface area (Å²) < 4.78 is 10.8. The Balaban J connectivity index is 1.72. The summed E-state index contributed by atoms with van der Waals surface area (Å²) in [6, 6.07) is 20.5. The molecule has 0 aromatic heterocycles. The van der Waals surface area contributed by atoms with Crippen molar-refractivity contribution in [2.24, 2.45) is 0 Å². The van der Waals surface area contributed by atoms with E-state index < -0.39 is 11.0 Å². The molecule has 0 atom stereocenters.